The third kappa shape index (κ3) is 5.97. The molecule has 2 atom stereocenters. The minimum absolute atomic E-state index is 0.0465. The topological polar surface area (TPSA) is 65.0 Å². The fraction of sp³-hybridized carbons (Fsp3) is 0.406. The van der Waals surface area contributed by atoms with Crippen molar-refractivity contribution in [2.24, 2.45) is 5.92 Å². The first-order valence-corrected chi connectivity index (χ1v) is 16.7. The number of carbonyl (C=O) groups is 1. The van der Waals surface area contributed by atoms with E-state index >= 15 is 0 Å². The van der Waals surface area contributed by atoms with E-state index in [1.807, 2.05) is 37.3 Å². The maximum atomic E-state index is 11.5. The quantitative estimate of drug-likeness (QED) is 0.276. The Morgan fingerprint density at radius 3 is 2.51 bits per heavy atom. The van der Waals surface area contributed by atoms with Gasteiger partial charge in [-0.3, -0.25) is 4.79 Å². The van der Waals surface area contributed by atoms with Gasteiger partial charge in [-0.1, -0.05) is 57.5 Å². The summed E-state index contributed by atoms with van der Waals surface area (Å²) in [6.07, 6.45) is 0. The smallest absolute Gasteiger partial charge is 0.306 e. The Morgan fingerprint density at radius 2 is 1.85 bits per heavy atom. The van der Waals surface area contributed by atoms with Crippen LogP contribution in [0, 0.1) is 19.8 Å². The Bertz CT molecular complexity index is 1390. The zero-order valence-corrected chi connectivity index (χ0v) is 25.9. The van der Waals surface area contributed by atoms with E-state index in [4.69, 9.17) is 25.5 Å². The summed E-state index contributed by atoms with van der Waals surface area (Å²) < 4.78 is 18.9. The second-order valence-corrected chi connectivity index (χ2v) is 17.2. The highest BCUT2D eigenvalue weighted by molar-refractivity contribution is 6.74. The molecule has 0 aliphatic carbocycles. The third-order valence-electron chi connectivity index (χ3n) is 8.32. The molecule has 1 N–H and O–H groups in total. The van der Waals surface area contributed by atoms with Crippen molar-refractivity contribution in [1.29, 1.82) is 0 Å². The lowest BCUT2D eigenvalue weighted by Crippen LogP contribution is -2.44. The Morgan fingerprint density at radius 1 is 1.13 bits per heavy atom. The number of carboxylic acid groups (broad SMARTS) is 1. The maximum Gasteiger partial charge on any atom is 0.306 e. The molecule has 1 heterocycles. The number of aryl methyl sites for hydroxylation is 1. The monoisotopic (exact) mass is 566 g/mol. The zero-order valence-electron chi connectivity index (χ0n) is 24.1. The normalized spacial score (nSPS) is 15.9. The van der Waals surface area contributed by atoms with Gasteiger partial charge < -0.3 is 19.0 Å². The molecule has 0 saturated carbocycles. The van der Waals surface area contributed by atoms with Crippen molar-refractivity contribution in [3.63, 3.8) is 0 Å². The van der Waals surface area contributed by atoms with Gasteiger partial charge in [0.15, 0.2) is 0 Å². The van der Waals surface area contributed by atoms with E-state index in [2.05, 4.69) is 59.0 Å². The van der Waals surface area contributed by atoms with Gasteiger partial charge in [-0.15, -0.1) is 0 Å². The molecule has 39 heavy (non-hydrogen) atoms. The Balaban J connectivity index is 1.67. The Kier molecular flexibility index (Phi) is 8.11. The van der Waals surface area contributed by atoms with E-state index < -0.39 is 20.2 Å². The highest BCUT2D eigenvalue weighted by Gasteiger charge is 2.39. The zero-order chi connectivity index (χ0) is 28.7. The molecule has 5 nitrogen and oxygen atoms in total. The lowest BCUT2D eigenvalue weighted by Gasteiger charge is -2.37. The fourth-order valence-corrected chi connectivity index (χ4v) is 5.91. The molecule has 0 saturated heterocycles. The summed E-state index contributed by atoms with van der Waals surface area (Å²) >= 11 is 6.49. The van der Waals surface area contributed by atoms with Gasteiger partial charge in [0.2, 0.25) is 8.32 Å². The summed E-state index contributed by atoms with van der Waals surface area (Å²) in [7, 11) is -2.10. The second-order valence-electron chi connectivity index (χ2n) is 12.1. The van der Waals surface area contributed by atoms with Crippen LogP contribution in [0.1, 0.15) is 55.9 Å². The molecule has 1 unspecified atom stereocenters. The van der Waals surface area contributed by atoms with E-state index in [0.717, 1.165) is 44.2 Å². The van der Waals surface area contributed by atoms with Crippen LogP contribution in [0.15, 0.2) is 48.5 Å². The number of fused-ring (bicyclic) bond motifs is 1. The lowest BCUT2D eigenvalue weighted by atomic mass is 9.89. The number of ether oxygens (including phenoxy) is 2. The van der Waals surface area contributed by atoms with Crippen LogP contribution < -0.4 is 13.9 Å². The predicted molar refractivity (Wildman–Crippen MR) is 160 cm³/mol. The van der Waals surface area contributed by atoms with Gasteiger partial charge in [-0.25, -0.2) is 0 Å². The summed E-state index contributed by atoms with van der Waals surface area (Å²) in [6, 6.07) is 15.9. The van der Waals surface area contributed by atoms with Crippen molar-refractivity contribution in [2.45, 2.75) is 72.2 Å². The summed E-state index contributed by atoms with van der Waals surface area (Å²) in [5.74, 6) is 0.663. The molecule has 0 spiro atoms. The molecule has 208 valence electrons. The maximum absolute atomic E-state index is 11.5. The van der Waals surface area contributed by atoms with E-state index in [-0.39, 0.29) is 11.0 Å². The van der Waals surface area contributed by atoms with E-state index in [0.29, 0.717) is 24.7 Å². The second kappa shape index (κ2) is 10.9. The lowest BCUT2D eigenvalue weighted by molar-refractivity contribution is -0.142. The molecule has 3 aromatic carbocycles. The van der Waals surface area contributed by atoms with E-state index in [9.17, 15) is 9.90 Å². The molecule has 1 aliphatic rings. The molecule has 0 fully saturated rings. The average molecular weight is 567 g/mol. The molecule has 0 radical (unpaired) electrons. The SMILES string of the molecule is Cc1ccc(Cl)c(C)c1-c1ccc(O[Si](C)(C)C(C)(C)C)c(COc2ccc3c(c2)OC[C@H]3C(C)C(=O)O)c1. The summed E-state index contributed by atoms with van der Waals surface area (Å²) in [5.41, 5.74) is 6.25. The Labute approximate surface area is 238 Å². The van der Waals surface area contributed by atoms with Crippen LogP contribution in [0.4, 0.5) is 0 Å². The van der Waals surface area contributed by atoms with Crippen LogP contribution in [0.3, 0.4) is 0 Å². The molecule has 0 bridgehead atoms. The molecule has 1 aliphatic heterocycles. The van der Waals surface area contributed by atoms with Crippen LogP contribution in [-0.4, -0.2) is 26.0 Å². The molecule has 0 aromatic heterocycles. The van der Waals surface area contributed by atoms with Crippen LogP contribution in [0.25, 0.3) is 11.1 Å². The number of hydrogen-bond donors (Lipinski definition) is 1. The third-order valence-corrected chi connectivity index (χ3v) is 13.1. The molecule has 4 rings (SSSR count). The molecule has 7 heteroatoms. The number of benzene rings is 3. The van der Waals surface area contributed by atoms with Crippen molar-refractivity contribution < 1.29 is 23.8 Å². The first kappa shape index (κ1) is 29.0. The van der Waals surface area contributed by atoms with Gasteiger partial charge in [0, 0.05) is 28.1 Å². The van der Waals surface area contributed by atoms with E-state index in [1.54, 1.807) is 6.92 Å². The summed E-state index contributed by atoms with van der Waals surface area (Å²) in [4.78, 5) is 11.5. The molecular weight excluding hydrogens is 528 g/mol. The van der Waals surface area contributed by atoms with Crippen molar-refractivity contribution in [1.82, 2.24) is 0 Å². The molecule has 0 amide bonds. The number of aliphatic carboxylic acids is 1. The van der Waals surface area contributed by atoms with Crippen molar-refractivity contribution in [3.8, 4) is 28.4 Å². The van der Waals surface area contributed by atoms with Crippen LogP contribution >= 0.6 is 11.6 Å². The van der Waals surface area contributed by atoms with Crippen molar-refractivity contribution >= 4 is 25.9 Å². The standard InChI is InChI=1S/C32H39ClO5Si/c1-19-9-13-27(33)21(3)30(19)22-10-14-28(38-39(7,8)32(4,5)6)23(15-22)17-36-24-11-12-25-26(20(2)31(34)35)18-37-29(25)16-24/h9-16,20,26H,17-18H2,1-8H3,(H,34,35)/t20?,26-/m0/s1. The fourth-order valence-electron chi connectivity index (χ4n) is 4.69. The van der Waals surface area contributed by atoms with Crippen LogP contribution in [0.5, 0.6) is 17.2 Å². The first-order valence-electron chi connectivity index (χ1n) is 13.4. The average Bonchev–Trinajstić information content (AvgIpc) is 3.28. The number of hydrogen-bond acceptors (Lipinski definition) is 4. The summed E-state index contributed by atoms with van der Waals surface area (Å²) in [6.45, 7) is 17.7. The van der Waals surface area contributed by atoms with Crippen LogP contribution in [0.2, 0.25) is 23.2 Å². The largest absolute Gasteiger partial charge is 0.543 e. The predicted octanol–water partition coefficient (Wildman–Crippen LogP) is 8.78. The first-order chi connectivity index (χ1) is 18.2. The molecular formula is C32H39ClO5Si. The highest BCUT2D eigenvalue weighted by atomic mass is 35.5. The van der Waals surface area contributed by atoms with Gasteiger partial charge in [0.1, 0.15) is 23.9 Å². The molecule has 3 aromatic rings. The Hall–Kier alpha value is -2.96. The van der Waals surface area contributed by atoms with Crippen LogP contribution in [-0.2, 0) is 11.4 Å². The van der Waals surface area contributed by atoms with Gasteiger partial charge in [-0.2, -0.15) is 0 Å². The van der Waals surface area contributed by atoms with Gasteiger partial charge in [-0.05, 0) is 78.5 Å². The van der Waals surface area contributed by atoms with Crippen molar-refractivity contribution in [3.05, 3.63) is 75.8 Å². The van der Waals surface area contributed by atoms with E-state index in [1.165, 1.54) is 0 Å². The number of carboxylic acids is 1. The van der Waals surface area contributed by atoms with Gasteiger partial charge >= 0.3 is 5.97 Å². The number of halogens is 1. The highest BCUT2D eigenvalue weighted by Crippen LogP contribution is 2.42. The van der Waals surface area contributed by atoms with Gasteiger partial charge in [0.25, 0.3) is 0 Å². The minimum atomic E-state index is -2.10. The van der Waals surface area contributed by atoms with Crippen molar-refractivity contribution in [2.75, 3.05) is 6.61 Å². The minimum Gasteiger partial charge on any atom is -0.543 e. The summed E-state index contributed by atoms with van der Waals surface area (Å²) in [5, 5.41) is 10.2. The number of rotatable bonds is 8. The van der Waals surface area contributed by atoms with Gasteiger partial charge in [0.05, 0.1) is 12.5 Å².